The number of benzene rings is 3. The van der Waals surface area contributed by atoms with Crippen LogP contribution in [0.5, 0.6) is 0 Å². The first-order valence-corrected chi connectivity index (χ1v) is 13.4. The Bertz CT molecular complexity index is 1280. The van der Waals surface area contributed by atoms with E-state index in [1.807, 2.05) is 37.3 Å². The van der Waals surface area contributed by atoms with Crippen molar-refractivity contribution in [3.63, 3.8) is 0 Å². The molecule has 1 unspecified atom stereocenters. The number of carbonyl (C=O) groups is 3. The van der Waals surface area contributed by atoms with Gasteiger partial charge < -0.3 is 21.3 Å². The molecule has 4 rings (SSSR count). The summed E-state index contributed by atoms with van der Waals surface area (Å²) in [5.74, 6) is -0.717. The molecule has 4 N–H and O–H groups in total. The molecule has 1 atom stereocenters. The highest BCUT2D eigenvalue weighted by atomic mass is 35.5. The van der Waals surface area contributed by atoms with Crippen LogP contribution in [0.2, 0.25) is 5.02 Å². The van der Waals surface area contributed by atoms with Gasteiger partial charge in [0.15, 0.2) is 0 Å². The molecule has 3 aromatic carbocycles. The number of rotatable bonds is 9. The molecule has 0 bridgehead atoms. The summed E-state index contributed by atoms with van der Waals surface area (Å²) in [6.45, 7) is 1.90. The lowest BCUT2D eigenvalue weighted by Crippen LogP contribution is -2.36. The highest BCUT2D eigenvalue weighted by Gasteiger charge is 2.19. The highest BCUT2D eigenvalue weighted by molar-refractivity contribution is 6.34. The lowest BCUT2D eigenvalue weighted by molar-refractivity contribution is -0.114. The van der Waals surface area contributed by atoms with E-state index in [9.17, 15) is 14.4 Å². The molecule has 1 fully saturated rings. The third kappa shape index (κ3) is 7.59. The van der Waals surface area contributed by atoms with Gasteiger partial charge in [0.1, 0.15) is 0 Å². The van der Waals surface area contributed by atoms with Gasteiger partial charge in [0.2, 0.25) is 5.91 Å². The number of nitrogens with one attached hydrogen (secondary N) is 4. The summed E-state index contributed by atoms with van der Waals surface area (Å²) >= 11 is 6.28. The van der Waals surface area contributed by atoms with Gasteiger partial charge >= 0.3 is 0 Å². The van der Waals surface area contributed by atoms with Gasteiger partial charge in [0.05, 0.1) is 23.2 Å². The Morgan fingerprint density at radius 3 is 2.39 bits per heavy atom. The molecule has 38 heavy (non-hydrogen) atoms. The summed E-state index contributed by atoms with van der Waals surface area (Å²) in [5.41, 5.74) is 2.96. The molecular formula is C30H33ClN4O3. The summed E-state index contributed by atoms with van der Waals surface area (Å²) in [4.78, 5) is 38.1. The number of halogens is 1. The first-order chi connectivity index (χ1) is 18.4. The van der Waals surface area contributed by atoms with Crippen LogP contribution in [0.1, 0.15) is 71.3 Å². The summed E-state index contributed by atoms with van der Waals surface area (Å²) in [5, 5.41) is 12.3. The van der Waals surface area contributed by atoms with E-state index in [2.05, 4.69) is 21.3 Å². The summed E-state index contributed by atoms with van der Waals surface area (Å²) in [6, 6.07) is 21.6. The SMILES string of the molecule is CC(NC(=O)c1cccc(NC(=O)CNc2ccc(Cl)c(C(=O)NC3CCCCC3)c2)c1)c1ccccc1. The van der Waals surface area contributed by atoms with E-state index in [1.54, 1.807) is 42.5 Å². The Hall–Kier alpha value is -3.84. The molecule has 1 saturated carbocycles. The molecule has 3 aromatic rings. The van der Waals surface area contributed by atoms with E-state index < -0.39 is 0 Å². The van der Waals surface area contributed by atoms with Crippen LogP contribution in [-0.2, 0) is 4.79 Å². The third-order valence-electron chi connectivity index (χ3n) is 6.66. The summed E-state index contributed by atoms with van der Waals surface area (Å²) in [6.07, 6.45) is 5.41. The molecule has 0 saturated heterocycles. The minimum Gasteiger partial charge on any atom is -0.376 e. The fourth-order valence-electron chi connectivity index (χ4n) is 4.55. The zero-order valence-electron chi connectivity index (χ0n) is 21.4. The standard InChI is InChI=1S/C30H33ClN4O3/c1-20(21-9-4-2-5-10-21)33-29(37)22-11-8-14-25(17-22)34-28(36)19-32-24-15-16-27(31)26(18-24)30(38)35-23-12-6-3-7-13-23/h2,4-5,8-11,14-18,20,23,32H,3,6-7,12-13,19H2,1H3,(H,33,37)(H,34,36)(H,35,38). The van der Waals surface area contributed by atoms with E-state index in [0.29, 0.717) is 27.5 Å². The quantitative estimate of drug-likeness (QED) is 0.274. The maximum absolute atomic E-state index is 12.8. The van der Waals surface area contributed by atoms with Gasteiger partial charge in [0.25, 0.3) is 11.8 Å². The van der Waals surface area contributed by atoms with Crippen molar-refractivity contribution in [2.45, 2.75) is 51.1 Å². The molecule has 7 nitrogen and oxygen atoms in total. The van der Waals surface area contributed by atoms with Crippen molar-refractivity contribution in [3.8, 4) is 0 Å². The van der Waals surface area contributed by atoms with Crippen molar-refractivity contribution in [3.05, 3.63) is 94.5 Å². The van der Waals surface area contributed by atoms with E-state index in [1.165, 1.54) is 6.42 Å². The van der Waals surface area contributed by atoms with Crippen molar-refractivity contribution in [1.29, 1.82) is 0 Å². The average Bonchev–Trinajstić information content (AvgIpc) is 2.93. The average molecular weight is 533 g/mol. The molecule has 0 heterocycles. The largest absolute Gasteiger partial charge is 0.376 e. The molecule has 8 heteroatoms. The van der Waals surface area contributed by atoms with E-state index in [-0.39, 0.29) is 36.3 Å². The minimum absolute atomic E-state index is 0.0210. The molecule has 0 aliphatic heterocycles. The van der Waals surface area contributed by atoms with Gasteiger partial charge in [-0.05, 0) is 61.7 Å². The smallest absolute Gasteiger partial charge is 0.253 e. The van der Waals surface area contributed by atoms with Gasteiger partial charge in [-0.3, -0.25) is 14.4 Å². The van der Waals surface area contributed by atoms with Gasteiger partial charge in [-0.1, -0.05) is 67.3 Å². The molecule has 0 spiro atoms. The number of hydrogen-bond donors (Lipinski definition) is 4. The van der Waals surface area contributed by atoms with Crippen LogP contribution >= 0.6 is 11.6 Å². The van der Waals surface area contributed by atoms with E-state index >= 15 is 0 Å². The number of carbonyl (C=O) groups excluding carboxylic acids is 3. The predicted octanol–water partition coefficient (Wildman–Crippen LogP) is 5.94. The monoisotopic (exact) mass is 532 g/mol. The van der Waals surface area contributed by atoms with Crippen molar-refractivity contribution in [2.75, 3.05) is 17.2 Å². The first-order valence-electron chi connectivity index (χ1n) is 13.0. The Morgan fingerprint density at radius 1 is 0.868 bits per heavy atom. The molecule has 1 aliphatic carbocycles. The Balaban J connectivity index is 1.31. The molecule has 3 amide bonds. The van der Waals surface area contributed by atoms with Crippen LogP contribution in [-0.4, -0.2) is 30.3 Å². The number of anilines is 2. The zero-order chi connectivity index (χ0) is 26.9. The van der Waals surface area contributed by atoms with Gasteiger partial charge in [-0.25, -0.2) is 0 Å². The third-order valence-corrected chi connectivity index (χ3v) is 6.99. The molecular weight excluding hydrogens is 500 g/mol. The highest BCUT2D eigenvalue weighted by Crippen LogP contribution is 2.23. The van der Waals surface area contributed by atoms with Crippen LogP contribution in [0.25, 0.3) is 0 Å². The molecule has 0 radical (unpaired) electrons. The van der Waals surface area contributed by atoms with E-state index in [0.717, 1.165) is 31.2 Å². The molecule has 198 valence electrons. The fraction of sp³-hybridized carbons (Fsp3) is 0.300. The second-order valence-electron chi connectivity index (χ2n) is 9.59. The molecule has 1 aliphatic rings. The molecule has 0 aromatic heterocycles. The van der Waals surface area contributed by atoms with Crippen LogP contribution in [0, 0.1) is 0 Å². The fourth-order valence-corrected chi connectivity index (χ4v) is 4.75. The first kappa shape index (κ1) is 27.2. The van der Waals surface area contributed by atoms with Crippen LogP contribution in [0.4, 0.5) is 11.4 Å². The topological polar surface area (TPSA) is 99.3 Å². The van der Waals surface area contributed by atoms with Gasteiger partial charge in [-0.2, -0.15) is 0 Å². The van der Waals surface area contributed by atoms with E-state index in [4.69, 9.17) is 11.6 Å². The van der Waals surface area contributed by atoms with Crippen molar-refractivity contribution >= 4 is 40.7 Å². The van der Waals surface area contributed by atoms with Crippen molar-refractivity contribution in [2.24, 2.45) is 0 Å². The van der Waals surface area contributed by atoms with Crippen LogP contribution in [0.3, 0.4) is 0 Å². The Kier molecular flexibility index (Phi) is 9.38. The Labute approximate surface area is 228 Å². The maximum Gasteiger partial charge on any atom is 0.253 e. The van der Waals surface area contributed by atoms with Gasteiger partial charge in [0, 0.05) is 23.0 Å². The Morgan fingerprint density at radius 2 is 1.63 bits per heavy atom. The summed E-state index contributed by atoms with van der Waals surface area (Å²) in [7, 11) is 0. The summed E-state index contributed by atoms with van der Waals surface area (Å²) < 4.78 is 0. The maximum atomic E-state index is 12.8. The lowest BCUT2D eigenvalue weighted by Gasteiger charge is -2.23. The van der Waals surface area contributed by atoms with Gasteiger partial charge in [-0.15, -0.1) is 0 Å². The predicted molar refractivity (Wildman–Crippen MR) is 152 cm³/mol. The minimum atomic E-state index is -0.289. The zero-order valence-corrected chi connectivity index (χ0v) is 22.2. The second kappa shape index (κ2) is 13.1. The van der Waals surface area contributed by atoms with Crippen molar-refractivity contribution in [1.82, 2.24) is 10.6 Å². The number of amides is 3. The van der Waals surface area contributed by atoms with Crippen LogP contribution in [0.15, 0.2) is 72.8 Å². The lowest BCUT2D eigenvalue weighted by atomic mass is 9.95. The van der Waals surface area contributed by atoms with Crippen LogP contribution < -0.4 is 21.3 Å². The second-order valence-corrected chi connectivity index (χ2v) is 10.00. The number of hydrogen-bond acceptors (Lipinski definition) is 4. The normalized spacial score (nSPS) is 14.3. The van der Waals surface area contributed by atoms with Crippen molar-refractivity contribution < 1.29 is 14.4 Å².